The van der Waals surface area contributed by atoms with Crippen LogP contribution in [0.25, 0.3) is 6.08 Å². The Kier molecular flexibility index (Phi) is 4.93. The number of hydrogen-bond donors (Lipinski definition) is 2. The maximum Gasteiger partial charge on any atom is 0.337 e. The van der Waals surface area contributed by atoms with Crippen LogP contribution in [0.4, 0.5) is 5.69 Å². The molecule has 2 aromatic rings. The van der Waals surface area contributed by atoms with E-state index >= 15 is 0 Å². The molecule has 2 rings (SSSR count). The van der Waals surface area contributed by atoms with Gasteiger partial charge in [-0.05, 0) is 42.0 Å². The maximum atomic E-state index is 11.8. The van der Waals surface area contributed by atoms with Gasteiger partial charge in [0, 0.05) is 11.8 Å². The molecule has 0 aromatic heterocycles. The summed E-state index contributed by atoms with van der Waals surface area (Å²) in [7, 11) is 1.30. The van der Waals surface area contributed by atoms with Crippen LogP contribution >= 0.6 is 0 Å². The molecule has 5 heteroatoms. The number of aromatic hydroxyl groups is 1. The predicted octanol–water partition coefficient (Wildman–Crippen LogP) is 2.83. The monoisotopic (exact) mass is 297 g/mol. The van der Waals surface area contributed by atoms with E-state index < -0.39 is 5.97 Å². The average molecular weight is 297 g/mol. The summed E-state index contributed by atoms with van der Waals surface area (Å²) in [5.41, 5.74) is 1.65. The van der Waals surface area contributed by atoms with Gasteiger partial charge in [-0.1, -0.05) is 18.2 Å². The van der Waals surface area contributed by atoms with Crippen LogP contribution in [0.1, 0.15) is 15.9 Å². The van der Waals surface area contributed by atoms with Crippen molar-refractivity contribution < 1.29 is 19.4 Å². The number of ether oxygens (including phenoxy) is 1. The molecule has 0 aliphatic rings. The summed E-state index contributed by atoms with van der Waals surface area (Å²) < 4.78 is 4.63. The zero-order valence-corrected chi connectivity index (χ0v) is 11.9. The van der Waals surface area contributed by atoms with Gasteiger partial charge >= 0.3 is 5.97 Å². The second-order valence-electron chi connectivity index (χ2n) is 4.49. The highest BCUT2D eigenvalue weighted by atomic mass is 16.5. The number of phenols is 1. The van der Waals surface area contributed by atoms with E-state index in [1.54, 1.807) is 36.4 Å². The molecule has 0 saturated carbocycles. The Balaban J connectivity index is 2.02. The number of methoxy groups -OCH3 is 1. The van der Waals surface area contributed by atoms with E-state index in [1.807, 2.05) is 0 Å². The van der Waals surface area contributed by atoms with E-state index in [1.165, 1.54) is 31.4 Å². The van der Waals surface area contributed by atoms with Crippen LogP contribution in [0.15, 0.2) is 54.6 Å². The topological polar surface area (TPSA) is 75.6 Å². The molecule has 22 heavy (non-hydrogen) atoms. The van der Waals surface area contributed by atoms with Gasteiger partial charge in [0.15, 0.2) is 0 Å². The van der Waals surface area contributed by atoms with Crippen molar-refractivity contribution >= 4 is 23.6 Å². The normalized spacial score (nSPS) is 10.4. The van der Waals surface area contributed by atoms with Crippen molar-refractivity contribution in [3.05, 3.63) is 65.7 Å². The highest BCUT2D eigenvalue weighted by Crippen LogP contribution is 2.13. The SMILES string of the molecule is COC(=O)c1cccc(NC(=O)/C=C/c2ccc(O)cc2)c1. The van der Waals surface area contributed by atoms with Crippen LogP contribution in [0, 0.1) is 0 Å². The lowest BCUT2D eigenvalue weighted by Crippen LogP contribution is -2.09. The third-order valence-corrected chi connectivity index (χ3v) is 2.87. The first kappa shape index (κ1) is 15.3. The first-order valence-corrected chi connectivity index (χ1v) is 6.55. The standard InChI is InChI=1S/C17H15NO4/c1-22-17(21)13-3-2-4-14(11-13)18-16(20)10-7-12-5-8-15(19)9-6-12/h2-11,19H,1H3,(H,18,20)/b10-7+. The van der Waals surface area contributed by atoms with Gasteiger partial charge in [-0.2, -0.15) is 0 Å². The summed E-state index contributed by atoms with van der Waals surface area (Å²) in [6, 6.07) is 12.9. The van der Waals surface area contributed by atoms with Crippen LogP contribution < -0.4 is 5.32 Å². The minimum atomic E-state index is -0.462. The molecule has 0 unspecified atom stereocenters. The van der Waals surface area contributed by atoms with Crippen LogP contribution in [0.2, 0.25) is 0 Å². The summed E-state index contributed by atoms with van der Waals surface area (Å²) in [6.45, 7) is 0. The molecule has 0 spiro atoms. The summed E-state index contributed by atoms with van der Waals surface area (Å²) >= 11 is 0. The minimum Gasteiger partial charge on any atom is -0.508 e. The molecule has 0 bridgehead atoms. The highest BCUT2D eigenvalue weighted by Gasteiger charge is 2.06. The smallest absolute Gasteiger partial charge is 0.337 e. The molecule has 0 radical (unpaired) electrons. The van der Waals surface area contributed by atoms with Crippen molar-refractivity contribution in [2.24, 2.45) is 0 Å². The lowest BCUT2D eigenvalue weighted by atomic mass is 10.2. The third-order valence-electron chi connectivity index (χ3n) is 2.87. The van der Waals surface area contributed by atoms with E-state index in [0.717, 1.165) is 5.56 Å². The number of nitrogens with one attached hydrogen (secondary N) is 1. The van der Waals surface area contributed by atoms with Crippen LogP contribution in [-0.2, 0) is 9.53 Å². The van der Waals surface area contributed by atoms with Crippen LogP contribution in [0.3, 0.4) is 0 Å². The van der Waals surface area contributed by atoms with Crippen LogP contribution in [-0.4, -0.2) is 24.1 Å². The lowest BCUT2D eigenvalue weighted by Gasteiger charge is -2.04. The van der Waals surface area contributed by atoms with Crippen molar-refractivity contribution in [1.82, 2.24) is 0 Å². The number of carbonyl (C=O) groups excluding carboxylic acids is 2. The molecule has 0 heterocycles. The first-order chi connectivity index (χ1) is 10.6. The van der Waals surface area contributed by atoms with Crippen molar-refractivity contribution in [2.75, 3.05) is 12.4 Å². The van der Waals surface area contributed by atoms with Crippen molar-refractivity contribution in [3.8, 4) is 5.75 Å². The minimum absolute atomic E-state index is 0.168. The van der Waals surface area contributed by atoms with E-state index in [-0.39, 0.29) is 11.7 Å². The fraction of sp³-hybridized carbons (Fsp3) is 0.0588. The number of carbonyl (C=O) groups is 2. The summed E-state index contributed by atoms with van der Waals surface area (Å²) in [5, 5.41) is 11.8. The number of esters is 1. The van der Waals surface area contributed by atoms with Gasteiger partial charge in [0.25, 0.3) is 0 Å². The zero-order chi connectivity index (χ0) is 15.9. The quantitative estimate of drug-likeness (QED) is 0.672. The van der Waals surface area contributed by atoms with E-state index in [0.29, 0.717) is 11.3 Å². The largest absolute Gasteiger partial charge is 0.508 e. The van der Waals surface area contributed by atoms with Gasteiger partial charge in [-0.25, -0.2) is 4.79 Å². The van der Waals surface area contributed by atoms with Gasteiger partial charge in [0.1, 0.15) is 5.75 Å². The maximum absolute atomic E-state index is 11.8. The predicted molar refractivity (Wildman–Crippen MR) is 83.6 cm³/mol. The fourth-order valence-electron chi connectivity index (χ4n) is 1.78. The first-order valence-electron chi connectivity index (χ1n) is 6.55. The van der Waals surface area contributed by atoms with Gasteiger partial charge in [-0.15, -0.1) is 0 Å². The molecular weight excluding hydrogens is 282 g/mol. The Bertz CT molecular complexity index is 705. The second-order valence-corrected chi connectivity index (χ2v) is 4.49. The Hall–Kier alpha value is -3.08. The fourth-order valence-corrected chi connectivity index (χ4v) is 1.78. The molecule has 2 aromatic carbocycles. The van der Waals surface area contributed by atoms with Gasteiger partial charge in [0.2, 0.25) is 5.91 Å². The van der Waals surface area contributed by atoms with Crippen molar-refractivity contribution in [3.63, 3.8) is 0 Å². The summed E-state index contributed by atoms with van der Waals surface area (Å²) in [5.74, 6) is -0.618. The average Bonchev–Trinajstić information content (AvgIpc) is 2.54. The van der Waals surface area contributed by atoms with Crippen molar-refractivity contribution in [1.29, 1.82) is 0 Å². The summed E-state index contributed by atoms with van der Waals surface area (Å²) in [6.07, 6.45) is 3.00. The Morgan fingerprint density at radius 2 is 1.86 bits per heavy atom. The van der Waals surface area contributed by atoms with Gasteiger partial charge in [0.05, 0.1) is 12.7 Å². The number of benzene rings is 2. The van der Waals surface area contributed by atoms with Gasteiger partial charge in [-0.3, -0.25) is 4.79 Å². The van der Waals surface area contributed by atoms with Gasteiger partial charge < -0.3 is 15.2 Å². The molecular formula is C17H15NO4. The highest BCUT2D eigenvalue weighted by molar-refractivity contribution is 6.02. The molecule has 1 amide bonds. The number of amides is 1. The molecule has 0 aliphatic carbocycles. The van der Waals surface area contributed by atoms with E-state index in [9.17, 15) is 14.7 Å². The molecule has 0 fully saturated rings. The third kappa shape index (κ3) is 4.21. The Labute approximate surface area is 127 Å². The van der Waals surface area contributed by atoms with Crippen LogP contribution in [0.5, 0.6) is 5.75 Å². The molecule has 112 valence electrons. The van der Waals surface area contributed by atoms with Crippen molar-refractivity contribution in [2.45, 2.75) is 0 Å². The number of rotatable bonds is 4. The Morgan fingerprint density at radius 1 is 1.14 bits per heavy atom. The lowest BCUT2D eigenvalue weighted by molar-refractivity contribution is -0.111. The molecule has 2 N–H and O–H groups in total. The second kappa shape index (κ2) is 7.08. The zero-order valence-electron chi connectivity index (χ0n) is 11.9. The van der Waals surface area contributed by atoms with E-state index in [2.05, 4.69) is 10.1 Å². The molecule has 0 atom stereocenters. The number of phenolic OH excluding ortho intramolecular Hbond substituents is 1. The summed E-state index contributed by atoms with van der Waals surface area (Å²) in [4.78, 5) is 23.3. The number of anilines is 1. The van der Waals surface area contributed by atoms with E-state index in [4.69, 9.17) is 0 Å². The molecule has 5 nitrogen and oxygen atoms in total. The molecule has 0 saturated heterocycles. The number of hydrogen-bond acceptors (Lipinski definition) is 4. The Morgan fingerprint density at radius 3 is 2.55 bits per heavy atom. The molecule has 0 aliphatic heterocycles.